The molecule has 0 unspecified atom stereocenters. The lowest BCUT2D eigenvalue weighted by atomic mass is 10.2. The van der Waals surface area contributed by atoms with Crippen molar-refractivity contribution in [3.63, 3.8) is 0 Å². The lowest BCUT2D eigenvalue weighted by molar-refractivity contribution is -0.144. The molecule has 2 N–H and O–H groups in total. The van der Waals surface area contributed by atoms with Crippen LogP contribution < -0.4 is 10.6 Å². The molecule has 0 atom stereocenters. The SMILES string of the molecule is CCC(CC)NCCNc1cc(C)nc2nc(C(F)(F)F)nn12. The zero-order chi connectivity index (χ0) is 17.0. The van der Waals surface area contributed by atoms with Gasteiger partial charge in [0.15, 0.2) is 0 Å². The Hall–Kier alpha value is -1.90. The van der Waals surface area contributed by atoms with Gasteiger partial charge in [0.25, 0.3) is 11.6 Å². The lowest BCUT2D eigenvalue weighted by Gasteiger charge is -2.15. The van der Waals surface area contributed by atoms with E-state index in [1.54, 1.807) is 13.0 Å². The molecule has 0 saturated heterocycles. The maximum Gasteiger partial charge on any atom is 0.453 e. The predicted octanol–water partition coefficient (Wildman–Crippen LogP) is 2.64. The van der Waals surface area contributed by atoms with Crippen LogP contribution in [-0.2, 0) is 6.18 Å². The first-order valence-corrected chi connectivity index (χ1v) is 7.64. The van der Waals surface area contributed by atoms with E-state index in [1.165, 1.54) is 0 Å². The van der Waals surface area contributed by atoms with E-state index >= 15 is 0 Å². The third-order valence-electron chi connectivity index (χ3n) is 3.54. The number of aromatic nitrogens is 4. The van der Waals surface area contributed by atoms with Crippen LogP contribution in [0.25, 0.3) is 5.78 Å². The first kappa shape index (κ1) is 17.5. The highest BCUT2D eigenvalue weighted by Crippen LogP contribution is 2.27. The topological polar surface area (TPSA) is 67.1 Å². The minimum Gasteiger partial charge on any atom is -0.369 e. The van der Waals surface area contributed by atoms with Crippen LogP contribution >= 0.6 is 0 Å². The minimum absolute atomic E-state index is 0.0622. The molecule has 9 heteroatoms. The average Bonchev–Trinajstić information content (AvgIpc) is 2.91. The third-order valence-corrected chi connectivity index (χ3v) is 3.54. The van der Waals surface area contributed by atoms with Crippen molar-refractivity contribution in [1.82, 2.24) is 24.9 Å². The molecule has 2 aromatic heterocycles. The Morgan fingerprint density at radius 2 is 1.87 bits per heavy atom. The van der Waals surface area contributed by atoms with Crippen molar-refractivity contribution >= 4 is 11.6 Å². The van der Waals surface area contributed by atoms with Gasteiger partial charge in [-0.25, -0.2) is 4.98 Å². The smallest absolute Gasteiger partial charge is 0.369 e. The minimum atomic E-state index is -4.59. The number of nitrogens with zero attached hydrogens (tertiary/aromatic N) is 4. The normalized spacial score (nSPS) is 12.3. The third kappa shape index (κ3) is 4.31. The van der Waals surface area contributed by atoms with E-state index in [-0.39, 0.29) is 5.78 Å². The zero-order valence-corrected chi connectivity index (χ0v) is 13.4. The summed E-state index contributed by atoms with van der Waals surface area (Å²) in [6.07, 6.45) is -2.52. The van der Waals surface area contributed by atoms with E-state index < -0.39 is 12.0 Å². The first-order valence-electron chi connectivity index (χ1n) is 7.64. The summed E-state index contributed by atoms with van der Waals surface area (Å²) in [5, 5.41) is 9.97. The molecular weight excluding hydrogens is 309 g/mol. The maximum absolute atomic E-state index is 12.7. The highest BCUT2D eigenvalue weighted by molar-refractivity contribution is 5.45. The molecule has 2 heterocycles. The molecule has 0 fully saturated rings. The van der Waals surface area contributed by atoms with Gasteiger partial charge in [-0.1, -0.05) is 13.8 Å². The van der Waals surface area contributed by atoms with E-state index in [2.05, 4.69) is 39.5 Å². The van der Waals surface area contributed by atoms with E-state index in [4.69, 9.17) is 0 Å². The van der Waals surface area contributed by atoms with Crippen molar-refractivity contribution in [2.24, 2.45) is 0 Å². The molecule has 0 amide bonds. The molecule has 0 spiro atoms. The van der Waals surface area contributed by atoms with Gasteiger partial charge in [0, 0.05) is 30.9 Å². The molecule has 0 bridgehead atoms. The van der Waals surface area contributed by atoms with Gasteiger partial charge in [0.1, 0.15) is 5.82 Å². The molecule has 0 aromatic carbocycles. The number of anilines is 1. The van der Waals surface area contributed by atoms with Gasteiger partial charge in [-0.2, -0.15) is 22.7 Å². The molecule has 0 aliphatic rings. The van der Waals surface area contributed by atoms with Gasteiger partial charge < -0.3 is 10.6 Å². The van der Waals surface area contributed by atoms with Gasteiger partial charge in [-0.15, -0.1) is 5.10 Å². The summed E-state index contributed by atoms with van der Waals surface area (Å²) in [6, 6.07) is 2.10. The molecule has 6 nitrogen and oxygen atoms in total. The first-order chi connectivity index (χ1) is 10.8. The lowest BCUT2D eigenvalue weighted by Crippen LogP contribution is -2.32. The molecule has 2 aromatic rings. The number of rotatable bonds is 7. The molecular formula is C14H21F3N6. The van der Waals surface area contributed by atoms with Gasteiger partial charge in [0.2, 0.25) is 0 Å². The second kappa shape index (κ2) is 7.12. The summed E-state index contributed by atoms with van der Waals surface area (Å²) in [4.78, 5) is 7.44. The van der Waals surface area contributed by atoms with E-state index in [9.17, 15) is 13.2 Å². The summed E-state index contributed by atoms with van der Waals surface area (Å²) in [5.41, 5.74) is 0.578. The molecule has 0 radical (unpaired) electrons. The molecule has 2 rings (SSSR count). The Balaban J connectivity index is 2.12. The van der Waals surface area contributed by atoms with Gasteiger partial charge in [-0.05, 0) is 19.8 Å². The summed E-state index contributed by atoms with van der Waals surface area (Å²) in [6.45, 7) is 7.19. The number of hydrogen-bond acceptors (Lipinski definition) is 5. The largest absolute Gasteiger partial charge is 0.453 e. The highest BCUT2D eigenvalue weighted by Gasteiger charge is 2.36. The van der Waals surface area contributed by atoms with Gasteiger partial charge in [0.05, 0.1) is 0 Å². The van der Waals surface area contributed by atoms with Crippen LogP contribution in [0.15, 0.2) is 6.07 Å². The maximum atomic E-state index is 12.7. The fourth-order valence-electron chi connectivity index (χ4n) is 2.28. The number of alkyl halides is 3. The van der Waals surface area contributed by atoms with Crippen molar-refractivity contribution < 1.29 is 13.2 Å². The van der Waals surface area contributed by atoms with Crippen molar-refractivity contribution in [2.75, 3.05) is 18.4 Å². The van der Waals surface area contributed by atoms with Crippen molar-refractivity contribution in [1.29, 1.82) is 0 Å². The second-order valence-corrected chi connectivity index (χ2v) is 5.32. The van der Waals surface area contributed by atoms with Crippen LogP contribution in [0, 0.1) is 6.92 Å². The van der Waals surface area contributed by atoms with E-state index in [0.717, 1.165) is 17.4 Å². The predicted molar refractivity (Wildman–Crippen MR) is 81.4 cm³/mol. The number of hydrogen-bond donors (Lipinski definition) is 2. The van der Waals surface area contributed by atoms with Crippen LogP contribution in [0.2, 0.25) is 0 Å². The van der Waals surface area contributed by atoms with Crippen LogP contribution in [-0.4, -0.2) is 38.7 Å². The van der Waals surface area contributed by atoms with Crippen LogP contribution in [0.4, 0.5) is 19.0 Å². The van der Waals surface area contributed by atoms with Crippen LogP contribution in [0.1, 0.15) is 38.2 Å². The Labute approximate surface area is 132 Å². The van der Waals surface area contributed by atoms with Crippen LogP contribution in [0.3, 0.4) is 0 Å². The zero-order valence-electron chi connectivity index (χ0n) is 13.4. The number of nitrogens with one attached hydrogen (secondary N) is 2. The Morgan fingerprint density at radius 3 is 2.48 bits per heavy atom. The fourth-order valence-corrected chi connectivity index (χ4v) is 2.28. The molecule has 0 saturated carbocycles. The fraction of sp³-hybridized carbons (Fsp3) is 0.643. The molecule has 0 aliphatic heterocycles. The van der Waals surface area contributed by atoms with Gasteiger partial charge >= 0.3 is 6.18 Å². The highest BCUT2D eigenvalue weighted by atomic mass is 19.4. The summed E-state index contributed by atoms with van der Waals surface area (Å²) < 4.78 is 39.3. The van der Waals surface area contributed by atoms with Crippen molar-refractivity contribution in [3.8, 4) is 0 Å². The van der Waals surface area contributed by atoms with Crippen LogP contribution in [0.5, 0.6) is 0 Å². The number of aryl methyl sites for hydroxylation is 1. The summed E-state index contributed by atoms with van der Waals surface area (Å²) in [5.74, 6) is -0.802. The van der Waals surface area contributed by atoms with E-state index in [0.29, 0.717) is 30.6 Å². The average molecular weight is 330 g/mol. The second-order valence-electron chi connectivity index (χ2n) is 5.32. The number of fused-ring (bicyclic) bond motifs is 1. The standard InChI is InChI=1S/C14H21F3N6/c1-4-10(5-2)18-6-7-19-11-8-9(3)20-13-21-12(14(15,16)17)22-23(11)13/h8,10,18-19H,4-7H2,1-3H3. The molecule has 128 valence electrons. The molecule has 0 aliphatic carbocycles. The summed E-state index contributed by atoms with van der Waals surface area (Å²) >= 11 is 0. The number of halogens is 3. The van der Waals surface area contributed by atoms with E-state index in [1.807, 2.05) is 0 Å². The van der Waals surface area contributed by atoms with Gasteiger partial charge in [-0.3, -0.25) is 0 Å². The summed E-state index contributed by atoms with van der Waals surface area (Å²) in [7, 11) is 0. The van der Waals surface area contributed by atoms with Crippen molar-refractivity contribution in [3.05, 3.63) is 17.6 Å². The quantitative estimate of drug-likeness (QED) is 0.764. The Kier molecular flexibility index (Phi) is 5.40. The van der Waals surface area contributed by atoms with Crippen molar-refractivity contribution in [2.45, 2.75) is 45.8 Å². The Morgan fingerprint density at radius 1 is 1.17 bits per heavy atom. The molecule has 23 heavy (non-hydrogen) atoms. The Bertz CT molecular complexity index is 648. The monoisotopic (exact) mass is 330 g/mol.